The minimum atomic E-state index is 0.0597. The Bertz CT molecular complexity index is 1190. The Morgan fingerprint density at radius 2 is 2.10 bits per heavy atom. The van der Waals surface area contributed by atoms with Crippen molar-refractivity contribution in [2.45, 2.75) is 38.8 Å². The number of aryl methyl sites for hydroxylation is 1. The summed E-state index contributed by atoms with van der Waals surface area (Å²) in [6, 6.07) is 7.70. The number of benzene rings is 1. The van der Waals surface area contributed by atoms with Crippen LogP contribution >= 0.6 is 11.6 Å². The second-order valence-electron chi connectivity index (χ2n) is 8.66. The molecule has 0 saturated carbocycles. The van der Waals surface area contributed by atoms with E-state index in [9.17, 15) is 5.26 Å². The van der Waals surface area contributed by atoms with Crippen molar-refractivity contribution in [2.24, 2.45) is 11.1 Å². The number of hydrogen-bond donors (Lipinski definition) is 1. The van der Waals surface area contributed by atoms with Gasteiger partial charge >= 0.3 is 0 Å². The molecule has 2 fully saturated rings. The van der Waals surface area contributed by atoms with Crippen molar-refractivity contribution in [3.63, 3.8) is 0 Å². The molecule has 2 atom stereocenters. The zero-order chi connectivity index (χ0) is 21.8. The van der Waals surface area contributed by atoms with E-state index < -0.39 is 0 Å². The van der Waals surface area contributed by atoms with Crippen molar-refractivity contribution < 1.29 is 4.74 Å². The van der Waals surface area contributed by atoms with Gasteiger partial charge in [-0.05, 0) is 32.8 Å². The smallest absolute Gasteiger partial charge is 0.211 e. The topological polar surface area (TPSA) is 92.5 Å². The van der Waals surface area contributed by atoms with Crippen LogP contribution in [0.5, 0.6) is 0 Å². The summed E-state index contributed by atoms with van der Waals surface area (Å²) >= 11 is 6.54. The molecule has 0 bridgehead atoms. The number of nitriles is 1. The minimum absolute atomic E-state index is 0.0597. The van der Waals surface area contributed by atoms with Crippen LogP contribution < -0.4 is 10.6 Å². The van der Waals surface area contributed by atoms with E-state index in [1.54, 1.807) is 12.3 Å². The van der Waals surface area contributed by atoms with Crippen LogP contribution in [-0.2, 0) is 4.74 Å². The fraction of sp³-hybridized carbons (Fsp3) is 0.435. The molecule has 2 aromatic heterocycles. The lowest BCUT2D eigenvalue weighted by atomic mass is 9.73. The molecule has 7 nitrogen and oxygen atoms in total. The van der Waals surface area contributed by atoms with Crippen molar-refractivity contribution in [1.29, 1.82) is 5.26 Å². The third kappa shape index (κ3) is 3.09. The number of nitrogens with two attached hydrogens (primary N) is 1. The third-order valence-electron chi connectivity index (χ3n) is 6.99. The van der Waals surface area contributed by atoms with E-state index in [1.807, 2.05) is 29.7 Å². The lowest BCUT2D eigenvalue weighted by Crippen LogP contribution is -2.51. The Morgan fingerprint density at radius 3 is 2.77 bits per heavy atom. The van der Waals surface area contributed by atoms with Gasteiger partial charge in [0, 0.05) is 48.1 Å². The summed E-state index contributed by atoms with van der Waals surface area (Å²) in [6.07, 6.45) is 5.78. The predicted molar refractivity (Wildman–Crippen MR) is 120 cm³/mol. The van der Waals surface area contributed by atoms with Gasteiger partial charge in [-0.15, -0.1) is 0 Å². The van der Waals surface area contributed by atoms with E-state index in [2.05, 4.69) is 22.9 Å². The van der Waals surface area contributed by atoms with Crippen molar-refractivity contribution in [3.8, 4) is 17.2 Å². The van der Waals surface area contributed by atoms with E-state index in [0.717, 1.165) is 61.0 Å². The Kier molecular flexibility index (Phi) is 4.89. The van der Waals surface area contributed by atoms with Gasteiger partial charge < -0.3 is 15.4 Å². The van der Waals surface area contributed by atoms with Crippen LogP contribution in [0.15, 0.2) is 30.6 Å². The van der Waals surface area contributed by atoms with Crippen LogP contribution in [0.4, 0.5) is 5.95 Å². The first kappa shape index (κ1) is 20.3. The average molecular weight is 437 g/mol. The van der Waals surface area contributed by atoms with Gasteiger partial charge in [0.1, 0.15) is 11.7 Å². The molecule has 2 saturated heterocycles. The van der Waals surface area contributed by atoms with Gasteiger partial charge in [-0.25, -0.2) is 9.97 Å². The van der Waals surface area contributed by atoms with Crippen molar-refractivity contribution >= 4 is 23.2 Å². The average Bonchev–Trinajstić information content (AvgIpc) is 3.36. The highest BCUT2D eigenvalue weighted by atomic mass is 35.5. The number of nitrogens with zero attached hydrogens (tertiary/aromatic N) is 5. The SMILES string of the molecule is Cc1nc(N2CCC3(CC2)CO[C@@H](C)[C@H]3N)n2ccnc2c1-c1cccc(C#N)c1Cl. The number of anilines is 1. The molecule has 2 aliphatic rings. The molecule has 160 valence electrons. The molecule has 3 aromatic rings. The predicted octanol–water partition coefficient (Wildman–Crippen LogP) is 3.56. The fourth-order valence-electron chi connectivity index (χ4n) is 5.05. The van der Waals surface area contributed by atoms with E-state index >= 15 is 0 Å². The lowest BCUT2D eigenvalue weighted by Gasteiger charge is -2.41. The number of aromatic nitrogens is 3. The van der Waals surface area contributed by atoms with Crippen LogP contribution in [0.1, 0.15) is 31.0 Å². The van der Waals surface area contributed by atoms with E-state index in [4.69, 9.17) is 27.1 Å². The fourth-order valence-corrected chi connectivity index (χ4v) is 5.31. The zero-order valence-electron chi connectivity index (χ0n) is 17.7. The molecule has 2 aliphatic heterocycles. The quantitative estimate of drug-likeness (QED) is 0.660. The summed E-state index contributed by atoms with van der Waals surface area (Å²) in [5, 5.41) is 9.80. The number of ether oxygens (including phenoxy) is 1. The highest BCUT2D eigenvalue weighted by molar-refractivity contribution is 6.34. The first-order chi connectivity index (χ1) is 14.9. The maximum Gasteiger partial charge on any atom is 0.211 e. The molecule has 0 aliphatic carbocycles. The lowest BCUT2D eigenvalue weighted by molar-refractivity contribution is 0.0973. The number of imidazole rings is 1. The molecule has 1 aromatic carbocycles. The molecular formula is C23H25ClN6O. The number of halogens is 1. The molecular weight excluding hydrogens is 412 g/mol. The second kappa shape index (κ2) is 7.49. The minimum Gasteiger partial charge on any atom is -0.376 e. The Morgan fingerprint density at radius 1 is 1.32 bits per heavy atom. The van der Waals surface area contributed by atoms with Crippen LogP contribution in [0.25, 0.3) is 16.8 Å². The van der Waals surface area contributed by atoms with Crippen LogP contribution in [-0.4, -0.2) is 46.2 Å². The maximum absolute atomic E-state index is 9.37. The van der Waals surface area contributed by atoms with Crippen molar-refractivity contribution in [1.82, 2.24) is 14.4 Å². The monoisotopic (exact) mass is 436 g/mol. The standard InChI is InChI=1S/C23H25ClN6O/c1-14-18(17-5-3-4-16(12-25)19(17)24)21-27-8-11-30(21)22(28-14)29-9-6-23(7-10-29)13-31-15(2)20(23)26/h3-5,8,11,15,20H,6-7,9-10,13,26H2,1-2H3/t15-,20+/m0/s1. The number of fused-ring (bicyclic) bond motifs is 1. The van der Waals surface area contributed by atoms with Gasteiger partial charge in [0.15, 0.2) is 0 Å². The molecule has 4 heterocycles. The van der Waals surface area contributed by atoms with Crippen molar-refractivity contribution in [2.75, 3.05) is 24.6 Å². The highest BCUT2D eigenvalue weighted by Gasteiger charge is 2.47. The number of hydrogen-bond acceptors (Lipinski definition) is 6. The second-order valence-corrected chi connectivity index (χ2v) is 9.04. The van der Waals surface area contributed by atoms with Crippen molar-refractivity contribution in [3.05, 3.63) is 46.9 Å². The molecule has 5 rings (SSSR count). The molecule has 2 N–H and O–H groups in total. The Balaban J connectivity index is 1.53. The largest absolute Gasteiger partial charge is 0.376 e. The van der Waals surface area contributed by atoms with Gasteiger partial charge in [0.2, 0.25) is 5.95 Å². The van der Waals surface area contributed by atoms with E-state index in [-0.39, 0.29) is 17.6 Å². The number of rotatable bonds is 2. The Hall–Kier alpha value is -2.66. The molecule has 0 amide bonds. The van der Waals surface area contributed by atoms with Gasteiger partial charge in [-0.1, -0.05) is 23.7 Å². The summed E-state index contributed by atoms with van der Waals surface area (Å²) in [7, 11) is 0. The Labute approximate surface area is 186 Å². The molecule has 31 heavy (non-hydrogen) atoms. The van der Waals surface area contributed by atoms with Gasteiger partial charge in [-0.3, -0.25) is 4.40 Å². The summed E-state index contributed by atoms with van der Waals surface area (Å²) in [4.78, 5) is 11.9. The maximum atomic E-state index is 9.37. The van der Waals surface area contributed by atoms with Gasteiger partial charge in [0.25, 0.3) is 0 Å². The van der Waals surface area contributed by atoms with Gasteiger partial charge in [-0.2, -0.15) is 5.26 Å². The normalized spacial score (nSPS) is 22.9. The van der Waals surface area contributed by atoms with Crippen LogP contribution in [0.3, 0.4) is 0 Å². The summed E-state index contributed by atoms with van der Waals surface area (Å²) in [6.45, 7) is 6.51. The zero-order valence-corrected chi connectivity index (χ0v) is 18.4. The first-order valence-corrected chi connectivity index (χ1v) is 11.0. The molecule has 0 radical (unpaired) electrons. The summed E-state index contributed by atoms with van der Waals surface area (Å²) < 4.78 is 7.88. The van der Waals surface area contributed by atoms with Crippen LogP contribution in [0, 0.1) is 23.7 Å². The first-order valence-electron chi connectivity index (χ1n) is 10.6. The van der Waals surface area contributed by atoms with E-state index in [1.165, 1.54) is 0 Å². The molecule has 1 spiro atoms. The molecule has 8 heteroatoms. The summed E-state index contributed by atoms with van der Waals surface area (Å²) in [5.74, 6) is 0.872. The molecule has 0 unspecified atom stereocenters. The highest BCUT2D eigenvalue weighted by Crippen LogP contribution is 2.42. The summed E-state index contributed by atoms with van der Waals surface area (Å²) in [5.41, 5.74) is 10.2. The van der Waals surface area contributed by atoms with Crippen LogP contribution in [0.2, 0.25) is 5.02 Å². The number of piperidine rings is 1. The van der Waals surface area contributed by atoms with Gasteiger partial charge in [0.05, 0.1) is 29.0 Å². The third-order valence-corrected chi connectivity index (χ3v) is 7.39. The van der Waals surface area contributed by atoms with E-state index in [0.29, 0.717) is 10.6 Å².